The number of benzene rings is 1. The normalized spacial score (nSPS) is 14.4. The largest absolute Gasteiger partial charge is 0.496 e. The highest BCUT2D eigenvalue weighted by Crippen LogP contribution is 2.46. The lowest BCUT2D eigenvalue weighted by Crippen LogP contribution is -2.45. The van der Waals surface area contributed by atoms with Crippen LogP contribution in [0.4, 0.5) is 0 Å². The van der Waals surface area contributed by atoms with Crippen LogP contribution in [0.1, 0.15) is 31.9 Å². The highest BCUT2D eigenvalue weighted by atomic mass is 28.3. The molecule has 0 aliphatic carbocycles. The third-order valence-electron chi connectivity index (χ3n) is 4.50. The minimum absolute atomic E-state index is 0.191. The van der Waals surface area contributed by atoms with Gasteiger partial charge >= 0.3 is 0 Å². The van der Waals surface area contributed by atoms with E-state index in [1.165, 1.54) is 0 Å². The van der Waals surface area contributed by atoms with Gasteiger partial charge in [0.25, 0.3) is 0 Å². The summed E-state index contributed by atoms with van der Waals surface area (Å²) in [6.45, 7) is 11.7. The molecule has 0 fully saturated rings. The second-order valence-electron chi connectivity index (χ2n) is 6.45. The van der Waals surface area contributed by atoms with E-state index in [2.05, 4.69) is 39.9 Å². The number of aliphatic hydroxyl groups excluding tert-OH is 1. The number of aliphatic hydroxyl groups is 1. The summed E-state index contributed by atoms with van der Waals surface area (Å²) in [5, 5.41) is 10.1. The van der Waals surface area contributed by atoms with Gasteiger partial charge in [0.2, 0.25) is 0 Å². The molecule has 18 heavy (non-hydrogen) atoms. The van der Waals surface area contributed by atoms with E-state index in [1.807, 2.05) is 18.2 Å². The smallest absolute Gasteiger partial charge is 0.122 e. The fourth-order valence-corrected chi connectivity index (χ4v) is 4.71. The van der Waals surface area contributed by atoms with Crippen molar-refractivity contribution in [2.45, 2.75) is 44.4 Å². The number of ether oxygens (including phenoxy) is 1. The van der Waals surface area contributed by atoms with Crippen LogP contribution in [-0.2, 0) is 0 Å². The SMILES string of the molecule is COc1ccccc1C(CO)[Si](C)(C)C(C)(C)C. The van der Waals surface area contributed by atoms with Gasteiger partial charge in [0.05, 0.1) is 15.2 Å². The zero-order chi connectivity index (χ0) is 14.0. The molecule has 3 heteroatoms. The summed E-state index contributed by atoms with van der Waals surface area (Å²) >= 11 is 0. The standard InChI is InChI=1S/C15H26O2Si/c1-15(2,3)18(5,6)14(11-16)12-9-7-8-10-13(12)17-4/h7-10,14,16H,11H2,1-6H3. The van der Waals surface area contributed by atoms with Gasteiger partial charge in [-0.2, -0.15) is 0 Å². The molecule has 0 aromatic heterocycles. The van der Waals surface area contributed by atoms with E-state index >= 15 is 0 Å². The van der Waals surface area contributed by atoms with Gasteiger partial charge in [-0.05, 0) is 16.7 Å². The molecule has 0 spiro atoms. The summed E-state index contributed by atoms with van der Waals surface area (Å²) in [6.07, 6.45) is 0. The Kier molecular flexibility index (Phi) is 4.62. The molecule has 0 heterocycles. The molecule has 1 aromatic rings. The van der Waals surface area contributed by atoms with E-state index in [0.29, 0.717) is 0 Å². The van der Waals surface area contributed by atoms with Crippen molar-refractivity contribution in [1.29, 1.82) is 0 Å². The predicted octanol–water partition coefficient (Wildman–Crippen LogP) is 3.82. The Labute approximate surface area is 112 Å². The maximum absolute atomic E-state index is 9.88. The van der Waals surface area contributed by atoms with Gasteiger partial charge in [-0.3, -0.25) is 0 Å². The van der Waals surface area contributed by atoms with Gasteiger partial charge in [-0.25, -0.2) is 0 Å². The molecule has 0 saturated carbocycles. The summed E-state index contributed by atoms with van der Waals surface area (Å²) in [5.41, 5.74) is 1.35. The molecule has 2 nitrogen and oxygen atoms in total. The molecule has 1 unspecified atom stereocenters. The van der Waals surface area contributed by atoms with Crippen LogP contribution in [0.5, 0.6) is 5.75 Å². The Hall–Kier alpha value is -0.803. The Bertz CT molecular complexity index is 394. The molecule has 1 N–H and O–H groups in total. The van der Waals surface area contributed by atoms with Gasteiger partial charge < -0.3 is 9.84 Å². The van der Waals surface area contributed by atoms with E-state index in [9.17, 15) is 5.11 Å². The van der Waals surface area contributed by atoms with Crippen LogP contribution in [0.3, 0.4) is 0 Å². The molecular weight excluding hydrogens is 240 g/mol. The van der Waals surface area contributed by atoms with E-state index in [1.54, 1.807) is 7.11 Å². The van der Waals surface area contributed by atoms with Crippen molar-refractivity contribution in [3.05, 3.63) is 29.8 Å². The Morgan fingerprint density at radius 2 is 1.78 bits per heavy atom. The molecule has 0 saturated heterocycles. The number of para-hydroxylation sites is 1. The van der Waals surface area contributed by atoms with Crippen LogP contribution < -0.4 is 4.74 Å². The van der Waals surface area contributed by atoms with Gasteiger partial charge in [0.15, 0.2) is 0 Å². The molecule has 0 bridgehead atoms. The van der Waals surface area contributed by atoms with Crippen LogP contribution >= 0.6 is 0 Å². The molecular formula is C15H26O2Si. The molecule has 0 aliphatic rings. The minimum atomic E-state index is -1.65. The second-order valence-corrected chi connectivity index (χ2v) is 12.1. The zero-order valence-electron chi connectivity index (χ0n) is 12.4. The first-order valence-corrected chi connectivity index (χ1v) is 9.57. The average molecular weight is 266 g/mol. The third kappa shape index (κ3) is 2.78. The van der Waals surface area contributed by atoms with E-state index in [-0.39, 0.29) is 17.2 Å². The maximum atomic E-state index is 9.88. The quantitative estimate of drug-likeness (QED) is 0.840. The molecule has 1 atom stereocenters. The van der Waals surface area contributed by atoms with Crippen LogP contribution in [0, 0.1) is 0 Å². The third-order valence-corrected chi connectivity index (χ3v) is 10.6. The number of methoxy groups -OCH3 is 1. The Balaban J connectivity index is 3.26. The first-order valence-electron chi connectivity index (χ1n) is 6.49. The van der Waals surface area contributed by atoms with E-state index in [4.69, 9.17) is 4.74 Å². The van der Waals surface area contributed by atoms with Crippen LogP contribution in [0.2, 0.25) is 18.1 Å². The van der Waals surface area contributed by atoms with Crippen molar-refractivity contribution in [3.63, 3.8) is 0 Å². The average Bonchev–Trinajstić information content (AvgIpc) is 2.29. The summed E-state index contributed by atoms with van der Waals surface area (Å²) in [4.78, 5) is 0. The molecule has 1 rings (SSSR count). The van der Waals surface area contributed by atoms with Gasteiger partial charge in [-0.15, -0.1) is 0 Å². The summed E-state index contributed by atoms with van der Waals surface area (Å²) in [5.74, 6) is 0.890. The van der Waals surface area contributed by atoms with Crippen molar-refractivity contribution in [2.24, 2.45) is 0 Å². The molecule has 0 radical (unpaired) electrons. The molecule has 0 amide bonds. The summed E-state index contributed by atoms with van der Waals surface area (Å²) < 4.78 is 5.45. The number of hydrogen-bond acceptors (Lipinski definition) is 2. The first kappa shape index (κ1) is 15.3. The van der Waals surface area contributed by atoms with Gasteiger partial charge in [0, 0.05) is 12.1 Å². The zero-order valence-corrected chi connectivity index (χ0v) is 13.4. The maximum Gasteiger partial charge on any atom is 0.122 e. The molecule has 1 aromatic carbocycles. The topological polar surface area (TPSA) is 29.5 Å². The first-order chi connectivity index (χ1) is 8.25. The second kappa shape index (κ2) is 5.45. The van der Waals surface area contributed by atoms with E-state index in [0.717, 1.165) is 11.3 Å². The van der Waals surface area contributed by atoms with Crippen LogP contribution in [0.25, 0.3) is 0 Å². The highest BCUT2D eigenvalue weighted by Gasteiger charge is 2.43. The Morgan fingerprint density at radius 3 is 2.22 bits per heavy atom. The van der Waals surface area contributed by atoms with Crippen molar-refractivity contribution >= 4 is 8.07 Å². The molecule has 0 aliphatic heterocycles. The Morgan fingerprint density at radius 1 is 1.22 bits per heavy atom. The van der Waals surface area contributed by atoms with Gasteiger partial charge in [0.1, 0.15) is 5.75 Å². The van der Waals surface area contributed by atoms with Crippen LogP contribution in [-0.4, -0.2) is 26.9 Å². The van der Waals surface area contributed by atoms with Gasteiger partial charge in [-0.1, -0.05) is 52.1 Å². The number of rotatable bonds is 4. The van der Waals surface area contributed by atoms with Crippen LogP contribution in [0.15, 0.2) is 24.3 Å². The molecule has 102 valence electrons. The van der Waals surface area contributed by atoms with Crippen molar-refractivity contribution < 1.29 is 9.84 Å². The van der Waals surface area contributed by atoms with Crippen molar-refractivity contribution in [2.75, 3.05) is 13.7 Å². The lowest BCUT2D eigenvalue weighted by Gasteiger charge is -2.43. The predicted molar refractivity (Wildman–Crippen MR) is 80.0 cm³/mol. The fraction of sp³-hybridized carbons (Fsp3) is 0.600. The van der Waals surface area contributed by atoms with Crippen molar-refractivity contribution in [1.82, 2.24) is 0 Å². The summed E-state index contributed by atoms with van der Waals surface area (Å²) in [7, 11) is 0.0405. The monoisotopic (exact) mass is 266 g/mol. The minimum Gasteiger partial charge on any atom is -0.496 e. The highest BCUT2D eigenvalue weighted by molar-refractivity contribution is 6.81. The van der Waals surface area contributed by atoms with E-state index < -0.39 is 8.07 Å². The lowest BCUT2D eigenvalue weighted by molar-refractivity contribution is 0.284. The van der Waals surface area contributed by atoms with Crippen molar-refractivity contribution in [3.8, 4) is 5.75 Å². The summed E-state index contributed by atoms with van der Waals surface area (Å²) in [6, 6.07) is 8.06. The lowest BCUT2D eigenvalue weighted by atomic mass is 10.1. The number of hydrogen-bond donors (Lipinski definition) is 1. The fourth-order valence-electron chi connectivity index (χ4n) is 2.19.